The van der Waals surface area contributed by atoms with Gasteiger partial charge in [0.25, 0.3) is 0 Å². The average molecular weight is 276 g/mol. The Hall–Kier alpha value is -0.430. The molecule has 1 atom stereocenters. The Morgan fingerprint density at radius 1 is 1.47 bits per heavy atom. The van der Waals surface area contributed by atoms with E-state index in [0.29, 0.717) is 13.0 Å². The van der Waals surface area contributed by atoms with E-state index < -0.39 is 10.0 Å². The van der Waals surface area contributed by atoms with Crippen molar-refractivity contribution in [1.82, 2.24) is 9.62 Å². The van der Waals surface area contributed by atoms with Crippen LogP contribution in [0.1, 0.15) is 24.9 Å². The smallest absolute Gasteiger partial charge is 0.211 e. The van der Waals surface area contributed by atoms with E-state index in [9.17, 15) is 8.42 Å². The second-order valence-electron chi connectivity index (χ2n) is 4.20. The number of sulfonamides is 1. The first-order valence-electron chi connectivity index (χ1n) is 5.62. The van der Waals surface area contributed by atoms with Crippen LogP contribution < -0.4 is 4.72 Å². The zero-order valence-corrected chi connectivity index (χ0v) is 12.1. The molecule has 0 aliphatic heterocycles. The molecule has 98 valence electrons. The highest BCUT2D eigenvalue weighted by atomic mass is 32.2. The molecule has 0 amide bonds. The van der Waals surface area contributed by atoms with E-state index in [1.54, 1.807) is 11.3 Å². The van der Waals surface area contributed by atoms with E-state index in [0.717, 1.165) is 5.56 Å². The van der Waals surface area contributed by atoms with E-state index in [1.807, 2.05) is 37.4 Å². The molecule has 1 unspecified atom stereocenters. The summed E-state index contributed by atoms with van der Waals surface area (Å²) < 4.78 is 25.9. The van der Waals surface area contributed by atoms with Crippen molar-refractivity contribution in [3.05, 3.63) is 22.4 Å². The summed E-state index contributed by atoms with van der Waals surface area (Å²) in [5.41, 5.74) is 1.15. The number of hydrogen-bond donors (Lipinski definition) is 1. The van der Waals surface area contributed by atoms with Crippen LogP contribution in [0.3, 0.4) is 0 Å². The molecule has 1 aromatic heterocycles. The molecule has 0 saturated carbocycles. The lowest BCUT2D eigenvalue weighted by Gasteiger charge is -2.23. The second-order valence-corrected chi connectivity index (χ2v) is 6.91. The molecule has 0 aliphatic rings. The highest BCUT2D eigenvalue weighted by Crippen LogP contribution is 2.20. The maximum Gasteiger partial charge on any atom is 0.211 e. The van der Waals surface area contributed by atoms with Crippen LogP contribution in [-0.2, 0) is 10.0 Å². The average Bonchev–Trinajstić information content (AvgIpc) is 2.70. The molecule has 1 rings (SSSR count). The Morgan fingerprint density at radius 2 is 2.18 bits per heavy atom. The van der Waals surface area contributed by atoms with Crippen molar-refractivity contribution >= 4 is 21.4 Å². The fraction of sp³-hybridized carbons (Fsp3) is 0.636. The summed E-state index contributed by atoms with van der Waals surface area (Å²) in [6.45, 7) is 2.29. The van der Waals surface area contributed by atoms with E-state index in [1.165, 1.54) is 0 Å². The van der Waals surface area contributed by atoms with Gasteiger partial charge in [-0.05, 0) is 42.9 Å². The van der Waals surface area contributed by atoms with E-state index in [-0.39, 0.29) is 11.8 Å². The fourth-order valence-electron chi connectivity index (χ4n) is 1.61. The quantitative estimate of drug-likeness (QED) is 0.824. The van der Waals surface area contributed by atoms with Crippen molar-refractivity contribution in [3.8, 4) is 0 Å². The van der Waals surface area contributed by atoms with Gasteiger partial charge in [0.2, 0.25) is 10.0 Å². The van der Waals surface area contributed by atoms with Gasteiger partial charge in [0.15, 0.2) is 0 Å². The lowest BCUT2D eigenvalue weighted by atomic mass is 10.1. The molecule has 0 bridgehead atoms. The van der Waals surface area contributed by atoms with Crippen molar-refractivity contribution in [2.45, 2.75) is 19.4 Å². The first-order chi connectivity index (χ1) is 7.96. The minimum absolute atomic E-state index is 0.0906. The van der Waals surface area contributed by atoms with Crippen molar-refractivity contribution in [1.29, 1.82) is 0 Å². The molecule has 4 nitrogen and oxygen atoms in total. The number of likely N-dealkylation sites (N-methyl/N-ethyl adjacent to an activating group) is 1. The van der Waals surface area contributed by atoms with Crippen LogP contribution in [0, 0.1) is 0 Å². The summed E-state index contributed by atoms with van der Waals surface area (Å²) >= 11 is 1.63. The lowest BCUT2D eigenvalue weighted by Crippen LogP contribution is -2.35. The minimum Gasteiger partial charge on any atom is -0.301 e. The van der Waals surface area contributed by atoms with Crippen LogP contribution in [0.25, 0.3) is 0 Å². The number of thiophene rings is 1. The van der Waals surface area contributed by atoms with Gasteiger partial charge in [-0.25, -0.2) is 13.1 Å². The Labute approximate surface area is 108 Å². The van der Waals surface area contributed by atoms with E-state index in [2.05, 4.69) is 10.1 Å². The second kappa shape index (κ2) is 6.49. The Kier molecular flexibility index (Phi) is 5.58. The van der Waals surface area contributed by atoms with Crippen molar-refractivity contribution in [2.24, 2.45) is 0 Å². The highest BCUT2D eigenvalue weighted by Gasteiger charge is 2.17. The zero-order chi connectivity index (χ0) is 12.9. The minimum atomic E-state index is -3.12. The molecule has 0 aromatic carbocycles. The molecule has 1 heterocycles. The summed E-state index contributed by atoms with van der Waals surface area (Å²) in [7, 11) is 0.785. The molecule has 1 N–H and O–H groups in total. The van der Waals surface area contributed by atoms with Gasteiger partial charge in [0, 0.05) is 12.6 Å². The third kappa shape index (κ3) is 4.75. The van der Waals surface area contributed by atoms with Crippen LogP contribution in [-0.4, -0.2) is 39.7 Å². The van der Waals surface area contributed by atoms with Crippen molar-refractivity contribution in [3.63, 3.8) is 0 Å². The summed E-state index contributed by atoms with van der Waals surface area (Å²) in [5, 5.41) is 4.06. The monoisotopic (exact) mass is 276 g/mol. The highest BCUT2D eigenvalue weighted by molar-refractivity contribution is 7.89. The van der Waals surface area contributed by atoms with Crippen LogP contribution in [0.5, 0.6) is 0 Å². The normalized spacial score (nSPS) is 14.1. The molecule has 0 fully saturated rings. The molecule has 6 heteroatoms. The van der Waals surface area contributed by atoms with Gasteiger partial charge in [-0.1, -0.05) is 6.92 Å². The lowest BCUT2D eigenvalue weighted by molar-refractivity contribution is 0.300. The van der Waals surface area contributed by atoms with E-state index in [4.69, 9.17) is 0 Å². The van der Waals surface area contributed by atoms with Gasteiger partial charge in [-0.2, -0.15) is 11.3 Å². The molecular formula is C11H20N2O2S2. The molecular weight excluding hydrogens is 256 g/mol. The third-order valence-electron chi connectivity index (χ3n) is 2.52. The van der Waals surface area contributed by atoms with E-state index >= 15 is 0 Å². The van der Waals surface area contributed by atoms with Gasteiger partial charge >= 0.3 is 0 Å². The predicted octanol–water partition coefficient (Wildman–Crippen LogP) is 1.68. The van der Waals surface area contributed by atoms with Gasteiger partial charge in [-0.15, -0.1) is 0 Å². The van der Waals surface area contributed by atoms with Crippen molar-refractivity contribution < 1.29 is 8.42 Å². The van der Waals surface area contributed by atoms with Gasteiger partial charge in [-0.3, -0.25) is 0 Å². The number of nitrogens with one attached hydrogen (secondary N) is 1. The van der Waals surface area contributed by atoms with Gasteiger partial charge < -0.3 is 4.90 Å². The largest absolute Gasteiger partial charge is 0.301 e. The molecule has 0 aliphatic carbocycles. The van der Waals surface area contributed by atoms with Crippen LogP contribution >= 0.6 is 11.3 Å². The molecule has 1 aromatic rings. The maximum atomic E-state index is 11.6. The molecule has 0 radical (unpaired) electrons. The summed E-state index contributed by atoms with van der Waals surface area (Å²) in [4.78, 5) is 2.02. The number of nitrogens with zero attached hydrogens (tertiary/aromatic N) is 1. The predicted molar refractivity (Wildman–Crippen MR) is 72.8 cm³/mol. The number of rotatable bonds is 7. The summed E-state index contributed by atoms with van der Waals surface area (Å²) in [5.74, 6) is 0.191. The molecule has 0 saturated heterocycles. The Bertz CT molecular complexity index is 413. The Balaban J connectivity index is 2.64. The first-order valence-corrected chi connectivity index (χ1v) is 8.21. The summed E-state index contributed by atoms with van der Waals surface area (Å²) in [6.07, 6.45) is 0.639. The molecule has 17 heavy (non-hydrogen) atoms. The van der Waals surface area contributed by atoms with Crippen molar-refractivity contribution in [2.75, 3.05) is 26.4 Å². The first kappa shape index (κ1) is 14.6. The van der Waals surface area contributed by atoms with Crippen LogP contribution in [0.2, 0.25) is 0 Å². The summed E-state index contributed by atoms with van der Waals surface area (Å²) in [6, 6.07) is 2.12. The fourth-order valence-corrected chi connectivity index (χ4v) is 3.41. The van der Waals surface area contributed by atoms with Gasteiger partial charge in [0.1, 0.15) is 0 Å². The molecule has 0 spiro atoms. The third-order valence-corrected chi connectivity index (χ3v) is 4.77. The van der Waals surface area contributed by atoms with Gasteiger partial charge in [0.05, 0.1) is 5.75 Å². The standard InChI is InChI=1S/C11H20N2O2S2/c1-4-7-17(14,15)12-8-11(13(2)3)10-5-6-16-9-10/h5-6,9,11-12H,4,7-8H2,1-3H3. The van der Waals surface area contributed by atoms with Crippen LogP contribution in [0.4, 0.5) is 0 Å². The topological polar surface area (TPSA) is 49.4 Å². The van der Waals surface area contributed by atoms with Crippen LogP contribution in [0.15, 0.2) is 16.8 Å². The SMILES string of the molecule is CCCS(=O)(=O)NCC(c1ccsc1)N(C)C. The zero-order valence-electron chi connectivity index (χ0n) is 10.5. The number of hydrogen-bond acceptors (Lipinski definition) is 4. The Morgan fingerprint density at radius 3 is 2.65 bits per heavy atom. The maximum absolute atomic E-state index is 11.6.